The third-order valence-corrected chi connectivity index (χ3v) is 4.14. The number of carbonyl (C=O) groups excluding carboxylic acids is 3. The Kier molecular flexibility index (Phi) is 7.33. The molecule has 1 atom stereocenters. The number of rotatable bonds is 8. The summed E-state index contributed by atoms with van der Waals surface area (Å²) >= 11 is 0. The van der Waals surface area contributed by atoms with Gasteiger partial charge in [0, 0.05) is 38.9 Å². The van der Waals surface area contributed by atoms with Crippen molar-refractivity contribution in [2.45, 2.75) is 26.2 Å². The Hall–Kier alpha value is -1.80. The Morgan fingerprint density at radius 3 is 2.67 bits per heavy atom. The average molecular weight is 338 g/mol. The van der Waals surface area contributed by atoms with Crippen LogP contribution >= 0.6 is 0 Å². The number of carbonyl (C=O) groups is 3. The average Bonchev–Trinajstić information content (AvgIpc) is 2.58. The molecule has 134 valence electrons. The van der Waals surface area contributed by atoms with E-state index in [1.54, 1.807) is 0 Å². The van der Waals surface area contributed by atoms with Gasteiger partial charge in [0.25, 0.3) is 0 Å². The number of hydrogen-bond donors (Lipinski definition) is 1. The number of aliphatic imine (C=N–C) groups is 1. The molecule has 2 rings (SSSR count). The molecule has 2 saturated heterocycles. The summed E-state index contributed by atoms with van der Waals surface area (Å²) in [4.78, 5) is 43.5. The summed E-state index contributed by atoms with van der Waals surface area (Å²) in [5.74, 6) is -2.06. The van der Waals surface area contributed by atoms with Gasteiger partial charge in [0.2, 0.25) is 11.8 Å². The van der Waals surface area contributed by atoms with Crippen LogP contribution in [0.25, 0.3) is 0 Å². The van der Waals surface area contributed by atoms with Crippen molar-refractivity contribution in [3.05, 3.63) is 0 Å². The summed E-state index contributed by atoms with van der Waals surface area (Å²) < 4.78 is 5.29. The van der Waals surface area contributed by atoms with Crippen molar-refractivity contribution in [2.24, 2.45) is 10.9 Å². The predicted molar refractivity (Wildman–Crippen MR) is 88.9 cm³/mol. The van der Waals surface area contributed by atoms with Crippen LogP contribution < -0.4 is 5.32 Å². The van der Waals surface area contributed by atoms with Crippen LogP contribution in [0.15, 0.2) is 4.99 Å². The van der Waals surface area contributed by atoms with Crippen LogP contribution in [-0.4, -0.2) is 79.8 Å². The highest BCUT2D eigenvalue weighted by Gasteiger charge is 2.38. The van der Waals surface area contributed by atoms with Crippen molar-refractivity contribution in [3.8, 4) is 0 Å². The third kappa shape index (κ3) is 5.10. The first-order valence-corrected chi connectivity index (χ1v) is 8.59. The summed E-state index contributed by atoms with van der Waals surface area (Å²) in [6.45, 7) is 7.18. The predicted octanol–water partition coefficient (Wildman–Crippen LogP) is 0.274. The van der Waals surface area contributed by atoms with Gasteiger partial charge in [-0.25, -0.2) is 4.79 Å². The Balaban J connectivity index is 1.79. The van der Waals surface area contributed by atoms with E-state index in [1.165, 1.54) is 6.21 Å². The Morgan fingerprint density at radius 2 is 1.96 bits per heavy atom. The minimum atomic E-state index is -0.997. The Bertz CT molecular complexity index is 488. The van der Waals surface area contributed by atoms with Gasteiger partial charge in [-0.05, 0) is 12.8 Å². The maximum atomic E-state index is 12.3. The van der Waals surface area contributed by atoms with Crippen molar-refractivity contribution in [1.29, 1.82) is 0 Å². The summed E-state index contributed by atoms with van der Waals surface area (Å²) in [5, 5.41) is 2.23. The Morgan fingerprint density at radius 1 is 1.21 bits per heavy atom. The van der Waals surface area contributed by atoms with E-state index in [4.69, 9.17) is 4.74 Å². The van der Waals surface area contributed by atoms with Gasteiger partial charge in [0.05, 0.1) is 13.2 Å². The molecule has 2 aliphatic heterocycles. The van der Waals surface area contributed by atoms with Gasteiger partial charge in [-0.3, -0.25) is 29.7 Å². The van der Waals surface area contributed by atoms with E-state index in [2.05, 4.69) is 15.2 Å². The topological polar surface area (TPSA) is 91.3 Å². The van der Waals surface area contributed by atoms with Crippen molar-refractivity contribution in [3.63, 3.8) is 0 Å². The van der Waals surface area contributed by atoms with Crippen molar-refractivity contribution >= 4 is 24.1 Å². The zero-order valence-electron chi connectivity index (χ0n) is 14.2. The molecule has 2 fully saturated rings. The highest BCUT2D eigenvalue weighted by Crippen LogP contribution is 2.10. The molecular weight excluding hydrogens is 312 g/mol. The first-order chi connectivity index (χ1) is 11.6. The van der Waals surface area contributed by atoms with Gasteiger partial charge in [-0.2, -0.15) is 0 Å². The number of ether oxygens (including phenoxy) is 1. The standard InChI is InChI=1S/C16H26N4O4/c1-2-3-7-20-15(22)13(14(21)18-16(20)23)12-17-5-4-6-19-8-10-24-11-9-19/h12-13H,2-11H2,1H3,(H,18,21,23)/t13-/m1/s1. The van der Waals surface area contributed by atoms with Gasteiger partial charge < -0.3 is 4.74 Å². The van der Waals surface area contributed by atoms with Gasteiger partial charge in [0.1, 0.15) is 0 Å². The summed E-state index contributed by atoms with van der Waals surface area (Å²) in [5.41, 5.74) is 0. The largest absolute Gasteiger partial charge is 0.379 e. The van der Waals surface area contributed by atoms with Gasteiger partial charge in [-0.1, -0.05) is 13.3 Å². The summed E-state index contributed by atoms with van der Waals surface area (Å²) in [6.07, 6.45) is 3.82. The molecule has 8 nitrogen and oxygen atoms in total. The summed E-state index contributed by atoms with van der Waals surface area (Å²) in [6, 6.07) is -0.629. The fraction of sp³-hybridized carbons (Fsp3) is 0.750. The number of urea groups is 1. The van der Waals surface area contributed by atoms with Gasteiger partial charge in [-0.15, -0.1) is 0 Å². The third-order valence-electron chi connectivity index (χ3n) is 4.14. The number of amides is 4. The normalized spacial score (nSPS) is 23.1. The minimum Gasteiger partial charge on any atom is -0.379 e. The molecule has 0 aliphatic carbocycles. The number of nitrogens with zero attached hydrogens (tertiary/aromatic N) is 3. The maximum Gasteiger partial charge on any atom is 0.330 e. The second-order valence-corrected chi connectivity index (χ2v) is 5.98. The molecule has 4 amide bonds. The van der Waals surface area contributed by atoms with E-state index in [0.717, 1.165) is 57.0 Å². The quantitative estimate of drug-likeness (QED) is 0.390. The molecule has 1 N–H and O–H groups in total. The molecular formula is C16H26N4O4. The number of imide groups is 2. The van der Waals surface area contributed by atoms with E-state index in [1.807, 2.05) is 6.92 Å². The fourth-order valence-electron chi connectivity index (χ4n) is 2.68. The van der Waals surface area contributed by atoms with E-state index in [-0.39, 0.29) is 0 Å². The van der Waals surface area contributed by atoms with Crippen LogP contribution in [0.3, 0.4) is 0 Å². The molecule has 0 aromatic rings. The highest BCUT2D eigenvalue weighted by atomic mass is 16.5. The smallest absolute Gasteiger partial charge is 0.330 e. The van der Waals surface area contributed by atoms with E-state index in [9.17, 15) is 14.4 Å². The lowest BCUT2D eigenvalue weighted by molar-refractivity contribution is -0.139. The first kappa shape index (κ1) is 18.5. The van der Waals surface area contributed by atoms with E-state index in [0.29, 0.717) is 13.1 Å². The molecule has 0 radical (unpaired) electrons. The van der Waals surface area contributed by atoms with Crippen molar-refractivity contribution in [1.82, 2.24) is 15.1 Å². The van der Waals surface area contributed by atoms with Crippen LogP contribution in [0.5, 0.6) is 0 Å². The van der Waals surface area contributed by atoms with Crippen molar-refractivity contribution in [2.75, 3.05) is 45.9 Å². The number of morpholine rings is 1. The molecule has 0 spiro atoms. The molecule has 0 aromatic carbocycles. The minimum absolute atomic E-state index is 0.329. The maximum absolute atomic E-state index is 12.3. The molecule has 2 aliphatic rings. The lowest BCUT2D eigenvalue weighted by Crippen LogP contribution is -2.58. The fourth-order valence-corrected chi connectivity index (χ4v) is 2.68. The second-order valence-electron chi connectivity index (χ2n) is 5.98. The zero-order chi connectivity index (χ0) is 17.4. The molecule has 0 unspecified atom stereocenters. The Labute approximate surface area is 142 Å². The molecule has 24 heavy (non-hydrogen) atoms. The van der Waals surface area contributed by atoms with Crippen LogP contribution in [-0.2, 0) is 14.3 Å². The van der Waals surface area contributed by atoms with Crippen molar-refractivity contribution < 1.29 is 19.1 Å². The number of nitrogens with one attached hydrogen (secondary N) is 1. The number of barbiturate groups is 1. The molecule has 0 aromatic heterocycles. The monoisotopic (exact) mass is 338 g/mol. The summed E-state index contributed by atoms with van der Waals surface area (Å²) in [7, 11) is 0. The van der Waals surface area contributed by atoms with E-state index >= 15 is 0 Å². The van der Waals surface area contributed by atoms with E-state index < -0.39 is 23.8 Å². The zero-order valence-corrected chi connectivity index (χ0v) is 14.2. The van der Waals surface area contributed by atoms with Crippen LogP contribution in [0.2, 0.25) is 0 Å². The lowest BCUT2D eigenvalue weighted by Gasteiger charge is -2.28. The first-order valence-electron chi connectivity index (χ1n) is 8.59. The molecule has 0 bridgehead atoms. The second kappa shape index (κ2) is 9.48. The number of hydrogen-bond acceptors (Lipinski definition) is 6. The van der Waals surface area contributed by atoms with Gasteiger partial charge in [0.15, 0.2) is 5.92 Å². The number of unbranched alkanes of at least 4 members (excludes halogenated alkanes) is 1. The van der Waals surface area contributed by atoms with Crippen LogP contribution in [0.1, 0.15) is 26.2 Å². The SMILES string of the molecule is CCCCN1C(=O)NC(=O)[C@@H](C=NCCCN2CCOCC2)C1=O. The van der Waals surface area contributed by atoms with Crippen LogP contribution in [0, 0.1) is 5.92 Å². The molecule has 8 heteroatoms. The lowest BCUT2D eigenvalue weighted by atomic mass is 10.1. The van der Waals surface area contributed by atoms with Crippen LogP contribution in [0.4, 0.5) is 4.79 Å². The molecule has 0 saturated carbocycles. The van der Waals surface area contributed by atoms with Gasteiger partial charge >= 0.3 is 6.03 Å². The molecule has 2 heterocycles. The highest BCUT2D eigenvalue weighted by molar-refractivity contribution is 6.23.